The Bertz CT molecular complexity index is 1060. The number of morpholine rings is 1. The van der Waals surface area contributed by atoms with Crippen LogP contribution in [0.4, 0.5) is 5.69 Å². The predicted octanol–water partition coefficient (Wildman–Crippen LogP) is 2.21. The minimum atomic E-state index is -3.70. The van der Waals surface area contributed by atoms with Gasteiger partial charge in [0.25, 0.3) is 5.91 Å². The van der Waals surface area contributed by atoms with E-state index in [0.29, 0.717) is 24.5 Å². The molecule has 0 aromatic heterocycles. The molecule has 0 unspecified atom stereocenters. The zero-order valence-corrected chi connectivity index (χ0v) is 17.9. The number of hydrogen-bond acceptors (Lipinski definition) is 6. The van der Waals surface area contributed by atoms with Crippen LogP contribution in [-0.4, -0.2) is 57.5 Å². The summed E-state index contributed by atoms with van der Waals surface area (Å²) < 4.78 is 37.4. The standard InChI is InChI=1S/C22H24N2O6S/c1-17-7-9-19(15-20(17)31(27,28)24-11-13-29-14-12-24)23-21(25)16-30-22(26)10-8-18-5-3-2-4-6-18/h2-10,15H,11-14,16H2,1H3,(H,23,25). The number of nitrogens with zero attached hydrogens (tertiary/aromatic N) is 1. The van der Waals surface area contributed by atoms with Gasteiger partial charge in [0.1, 0.15) is 0 Å². The number of nitrogens with one attached hydrogen (secondary N) is 1. The Morgan fingerprint density at radius 3 is 2.55 bits per heavy atom. The van der Waals surface area contributed by atoms with Crippen LogP contribution in [0.15, 0.2) is 59.5 Å². The zero-order chi connectivity index (χ0) is 22.3. The van der Waals surface area contributed by atoms with Crippen molar-refractivity contribution in [3.8, 4) is 0 Å². The molecule has 31 heavy (non-hydrogen) atoms. The maximum atomic E-state index is 12.9. The third-order valence-corrected chi connectivity index (χ3v) is 6.66. The molecule has 164 valence electrons. The molecule has 0 radical (unpaired) electrons. The first-order valence-corrected chi connectivity index (χ1v) is 11.2. The van der Waals surface area contributed by atoms with Crippen LogP contribution in [0.5, 0.6) is 0 Å². The molecular weight excluding hydrogens is 420 g/mol. The molecule has 0 aliphatic carbocycles. The number of carbonyl (C=O) groups is 2. The molecule has 0 bridgehead atoms. The van der Waals surface area contributed by atoms with Gasteiger partial charge in [0.2, 0.25) is 10.0 Å². The van der Waals surface area contributed by atoms with Crippen LogP contribution in [0.2, 0.25) is 0 Å². The van der Waals surface area contributed by atoms with Crippen LogP contribution in [0.25, 0.3) is 6.08 Å². The van der Waals surface area contributed by atoms with Crippen molar-refractivity contribution in [2.45, 2.75) is 11.8 Å². The molecule has 2 aromatic rings. The first-order valence-electron chi connectivity index (χ1n) is 9.74. The van der Waals surface area contributed by atoms with Gasteiger partial charge in [-0.25, -0.2) is 13.2 Å². The molecule has 1 aliphatic rings. The topological polar surface area (TPSA) is 102 Å². The number of carbonyl (C=O) groups excluding carboxylic acids is 2. The van der Waals surface area contributed by atoms with E-state index in [1.165, 1.54) is 16.4 Å². The number of anilines is 1. The fourth-order valence-electron chi connectivity index (χ4n) is 2.99. The van der Waals surface area contributed by atoms with Gasteiger partial charge < -0.3 is 14.8 Å². The third-order valence-electron chi connectivity index (χ3n) is 4.62. The van der Waals surface area contributed by atoms with Crippen molar-refractivity contribution in [3.05, 3.63) is 65.7 Å². The van der Waals surface area contributed by atoms with Gasteiger partial charge in [0.15, 0.2) is 6.61 Å². The fraction of sp³-hybridized carbons (Fsp3) is 0.273. The summed E-state index contributed by atoms with van der Waals surface area (Å²) in [4.78, 5) is 24.1. The number of benzene rings is 2. The van der Waals surface area contributed by atoms with Crippen LogP contribution in [0.3, 0.4) is 0 Å². The van der Waals surface area contributed by atoms with Crippen molar-refractivity contribution in [1.82, 2.24) is 4.31 Å². The lowest BCUT2D eigenvalue weighted by atomic mass is 10.2. The lowest BCUT2D eigenvalue weighted by molar-refractivity contribution is -0.142. The lowest BCUT2D eigenvalue weighted by Gasteiger charge is -2.26. The molecule has 2 aromatic carbocycles. The van der Waals surface area contributed by atoms with Crippen molar-refractivity contribution in [2.24, 2.45) is 0 Å². The fourth-order valence-corrected chi connectivity index (χ4v) is 4.65. The van der Waals surface area contributed by atoms with E-state index in [0.717, 1.165) is 5.56 Å². The first kappa shape index (κ1) is 22.7. The molecule has 1 N–H and O–H groups in total. The Balaban J connectivity index is 1.59. The molecule has 1 heterocycles. The summed E-state index contributed by atoms with van der Waals surface area (Å²) >= 11 is 0. The summed E-state index contributed by atoms with van der Waals surface area (Å²) in [6.07, 6.45) is 2.82. The normalized spacial score (nSPS) is 15.0. The van der Waals surface area contributed by atoms with Gasteiger partial charge in [-0.1, -0.05) is 36.4 Å². The Morgan fingerprint density at radius 1 is 1.13 bits per heavy atom. The lowest BCUT2D eigenvalue weighted by Crippen LogP contribution is -2.40. The van der Waals surface area contributed by atoms with E-state index in [4.69, 9.17) is 9.47 Å². The largest absolute Gasteiger partial charge is 0.452 e. The van der Waals surface area contributed by atoms with Gasteiger partial charge in [-0.05, 0) is 36.3 Å². The van der Waals surface area contributed by atoms with Gasteiger partial charge in [-0.15, -0.1) is 0 Å². The summed E-state index contributed by atoms with van der Waals surface area (Å²) in [5.74, 6) is -1.22. The van der Waals surface area contributed by atoms with Gasteiger partial charge in [0, 0.05) is 24.9 Å². The van der Waals surface area contributed by atoms with Gasteiger partial charge in [-0.2, -0.15) is 4.31 Å². The highest BCUT2D eigenvalue weighted by Crippen LogP contribution is 2.24. The van der Waals surface area contributed by atoms with E-state index in [9.17, 15) is 18.0 Å². The molecule has 1 aliphatic heterocycles. The van der Waals surface area contributed by atoms with E-state index in [1.807, 2.05) is 30.3 Å². The highest BCUT2D eigenvalue weighted by molar-refractivity contribution is 7.89. The Morgan fingerprint density at radius 2 is 1.84 bits per heavy atom. The molecule has 0 atom stereocenters. The number of rotatable bonds is 7. The molecule has 0 saturated carbocycles. The third kappa shape index (κ3) is 6.24. The number of aryl methyl sites for hydroxylation is 1. The zero-order valence-electron chi connectivity index (χ0n) is 17.1. The van der Waals surface area contributed by atoms with Crippen LogP contribution in [-0.2, 0) is 29.1 Å². The first-order chi connectivity index (χ1) is 14.9. The second-order valence-electron chi connectivity index (χ2n) is 6.90. The van der Waals surface area contributed by atoms with Crippen molar-refractivity contribution in [1.29, 1.82) is 0 Å². The molecule has 8 nitrogen and oxygen atoms in total. The average Bonchev–Trinajstić information content (AvgIpc) is 2.78. The number of amides is 1. The molecule has 1 amide bonds. The van der Waals surface area contributed by atoms with Gasteiger partial charge in [0.05, 0.1) is 18.1 Å². The summed E-state index contributed by atoms with van der Waals surface area (Å²) in [5, 5.41) is 2.57. The Hall–Kier alpha value is -3.01. The molecule has 3 rings (SSSR count). The Labute approximate surface area is 181 Å². The maximum Gasteiger partial charge on any atom is 0.331 e. The van der Waals surface area contributed by atoms with Crippen molar-refractivity contribution in [2.75, 3.05) is 38.2 Å². The molecule has 9 heteroatoms. The molecule has 1 saturated heterocycles. The quantitative estimate of drug-likeness (QED) is 0.519. The van der Waals surface area contributed by atoms with Crippen molar-refractivity contribution < 1.29 is 27.5 Å². The summed E-state index contributed by atoms with van der Waals surface area (Å²) in [6, 6.07) is 13.8. The van der Waals surface area contributed by atoms with Gasteiger partial charge >= 0.3 is 5.97 Å². The maximum absolute atomic E-state index is 12.9. The SMILES string of the molecule is Cc1ccc(NC(=O)COC(=O)C=Cc2ccccc2)cc1S(=O)(=O)N1CCOCC1. The van der Waals surface area contributed by atoms with E-state index in [2.05, 4.69) is 5.32 Å². The minimum absolute atomic E-state index is 0.120. The summed E-state index contributed by atoms with van der Waals surface area (Å²) in [5.41, 5.74) is 1.71. The van der Waals surface area contributed by atoms with Gasteiger partial charge in [-0.3, -0.25) is 4.79 Å². The predicted molar refractivity (Wildman–Crippen MR) is 116 cm³/mol. The molecular formula is C22H24N2O6S. The highest BCUT2D eigenvalue weighted by atomic mass is 32.2. The second kappa shape index (κ2) is 10.3. The number of ether oxygens (including phenoxy) is 2. The minimum Gasteiger partial charge on any atom is -0.452 e. The smallest absolute Gasteiger partial charge is 0.331 e. The summed E-state index contributed by atoms with van der Waals surface area (Å²) in [7, 11) is -3.70. The monoisotopic (exact) mass is 444 g/mol. The average molecular weight is 445 g/mol. The van der Waals surface area contributed by atoms with Crippen LogP contribution >= 0.6 is 0 Å². The van der Waals surface area contributed by atoms with Crippen LogP contribution in [0, 0.1) is 6.92 Å². The van der Waals surface area contributed by atoms with Crippen molar-refractivity contribution >= 4 is 33.7 Å². The van der Waals surface area contributed by atoms with E-state index < -0.39 is 28.5 Å². The van der Waals surface area contributed by atoms with E-state index in [1.54, 1.807) is 25.1 Å². The van der Waals surface area contributed by atoms with Crippen LogP contribution in [0.1, 0.15) is 11.1 Å². The van der Waals surface area contributed by atoms with E-state index in [-0.39, 0.29) is 18.0 Å². The van der Waals surface area contributed by atoms with Crippen molar-refractivity contribution in [3.63, 3.8) is 0 Å². The van der Waals surface area contributed by atoms with Crippen LogP contribution < -0.4 is 5.32 Å². The highest BCUT2D eigenvalue weighted by Gasteiger charge is 2.28. The molecule has 1 fully saturated rings. The molecule has 0 spiro atoms. The van der Waals surface area contributed by atoms with E-state index >= 15 is 0 Å². The number of esters is 1. The second-order valence-corrected chi connectivity index (χ2v) is 8.80. The number of hydrogen-bond donors (Lipinski definition) is 1. The summed E-state index contributed by atoms with van der Waals surface area (Å²) in [6.45, 7) is 2.46. The Kier molecular flexibility index (Phi) is 7.56. The number of sulfonamides is 1.